The molecular formula is C31H52O13S3. The van der Waals surface area contributed by atoms with E-state index in [-0.39, 0.29) is 29.6 Å². The summed E-state index contributed by atoms with van der Waals surface area (Å²) in [6.07, 6.45) is 0.617. The smallest absolute Gasteiger partial charge is 0.390 e. The zero-order valence-corrected chi connectivity index (χ0v) is 30.6. The number of fused-ring (bicyclic) bond motifs is 5. The maximum Gasteiger partial charge on any atom is 0.397 e. The van der Waals surface area contributed by atoms with E-state index >= 15 is 0 Å². The molecule has 0 aromatic heterocycles. The Morgan fingerprint density at radius 1 is 0.872 bits per heavy atom. The number of hydrogen-bond acceptors (Lipinski definition) is 10. The van der Waals surface area contributed by atoms with Crippen LogP contribution in [0.15, 0.2) is 11.6 Å². The van der Waals surface area contributed by atoms with E-state index in [1.807, 2.05) is 0 Å². The summed E-state index contributed by atoms with van der Waals surface area (Å²) in [6, 6.07) is 0. The van der Waals surface area contributed by atoms with Crippen LogP contribution >= 0.6 is 0 Å². The van der Waals surface area contributed by atoms with Crippen LogP contribution in [0.4, 0.5) is 0 Å². The van der Waals surface area contributed by atoms with E-state index < -0.39 is 66.9 Å². The summed E-state index contributed by atoms with van der Waals surface area (Å²) in [5, 5.41) is 11.6. The molecule has 4 saturated carbocycles. The van der Waals surface area contributed by atoms with E-state index in [1.165, 1.54) is 12.8 Å². The molecule has 0 heterocycles. The zero-order chi connectivity index (χ0) is 35.3. The van der Waals surface area contributed by atoms with Gasteiger partial charge in [-0.1, -0.05) is 60.1 Å². The van der Waals surface area contributed by atoms with Crippen molar-refractivity contribution in [3.05, 3.63) is 11.6 Å². The lowest BCUT2D eigenvalue weighted by Crippen LogP contribution is -2.65. The van der Waals surface area contributed by atoms with E-state index in [0.29, 0.717) is 29.6 Å². The van der Waals surface area contributed by atoms with Crippen molar-refractivity contribution in [2.24, 2.45) is 57.2 Å². The highest BCUT2D eigenvalue weighted by Gasteiger charge is 2.68. The summed E-state index contributed by atoms with van der Waals surface area (Å²) in [5.74, 6) is 0.588. The van der Waals surface area contributed by atoms with E-state index in [4.69, 9.17) is 8.37 Å². The number of allylic oxidation sites excluding steroid dienone is 2. The highest BCUT2D eigenvalue weighted by Crippen LogP contribution is 2.72. The van der Waals surface area contributed by atoms with Crippen molar-refractivity contribution < 1.29 is 56.6 Å². The summed E-state index contributed by atoms with van der Waals surface area (Å²) in [6.45, 7) is 15.4. The molecule has 5 rings (SSSR count). The van der Waals surface area contributed by atoms with Crippen molar-refractivity contribution in [1.29, 1.82) is 0 Å². The first kappa shape index (κ1) is 37.6. The molecular weight excluding hydrogens is 677 g/mol. The zero-order valence-electron chi connectivity index (χ0n) is 28.2. The molecule has 0 aromatic carbocycles. The third-order valence-electron chi connectivity index (χ3n) is 14.1. The molecule has 5 aliphatic carbocycles. The molecule has 47 heavy (non-hydrogen) atoms. The van der Waals surface area contributed by atoms with Crippen LogP contribution in [0, 0.1) is 57.2 Å². The van der Waals surface area contributed by atoms with Crippen molar-refractivity contribution in [2.75, 3.05) is 0 Å². The first-order chi connectivity index (χ1) is 21.3. The van der Waals surface area contributed by atoms with Crippen molar-refractivity contribution in [3.63, 3.8) is 0 Å². The van der Waals surface area contributed by atoms with Gasteiger partial charge in [0.05, 0.1) is 12.2 Å². The Morgan fingerprint density at radius 3 is 1.94 bits per heavy atom. The monoisotopic (exact) mass is 728 g/mol. The van der Waals surface area contributed by atoms with Crippen LogP contribution in [0.25, 0.3) is 0 Å². The Labute approximate surface area is 280 Å². The third kappa shape index (κ3) is 6.62. The summed E-state index contributed by atoms with van der Waals surface area (Å²) in [5.41, 5.74) is -0.611. The van der Waals surface area contributed by atoms with E-state index in [2.05, 4.69) is 51.8 Å². The maximum atomic E-state index is 12.2. The first-order valence-electron chi connectivity index (χ1n) is 16.6. The molecule has 4 N–H and O–H groups in total. The Balaban J connectivity index is 1.54. The van der Waals surface area contributed by atoms with Crippen molar-refractivity contribution in [3.8, 4) is 0 Å². The second-order valence-corrected chi connectivity index (χ2v) is 19.5. The fourth-order valence-corrected chi connectivity index (χ4v) is 12.9. The van der Waals surface area contributed by atoms with Gasteiger partial charge in [-0.3, -0.25) is 13.7 Å². The standard InChI is InChI=1S/C31H52O13S3/c1-17(2)31(15-19(31)4)13-8-18(3)20-9-11-30(7)22-14-23(42-45(33,34)35)25-26(32)27(44-47(39,40)41)24(43-46(36,37)38)16-28(25,5)21(22)10-12-29(20,30)6/h10,17-20,22-27,32H,8-9,11-16H2,1-7H3,(H,33,34,35)(H,36,37,38)(H,39,40,41). The molecule has 13 unspecified atom stereocenters. The average molecular weight is 729 g/mol. The predicted molar refractivity (Wildman–Crippen MR) is 171 cm³/mol. The summed E-state index contributed by atoms with van der Waals surface area (Å²) in [7, 11) is -15.6. The van der Waals surface area contributed by atoms with Gasteiger partial charge in [-0.2, -0.15) is 25.3 Å². The Morgan fingerprint density at radius 2 is 1.43 bits per heavy atom. The van der Waals surface area contributed by atoms with Gasteiger partial charge in [0.25, 0.3) is 0 Å². The van der Waals surface area contributed by atoms with Crippen molar-refractivity contribution in [2.45, 2.75) is 124 Å². The van der Waals surface area contributed by atoms with Gasteiger partial charge in [0, 0.05) is 5.92 Å². The van der Waals surface area contributed by atoms with Crippen molar-refractivity contribution in [1.82, 2.24) is 0 Å². The van der Waals surface area contributed by atoms with Crippen LogP contribution in [0.5, 0.6) is 0 Å². The number of aliphatic hydroxyl groups excluding tert-OH is 1. The highest BCUT2D eigenvalue weighted by molar-refractivity contribution is 7.81. The molecule has 0 spiro atoms. The van der Waals surface area contributed by atoms with Gasteiger partial charge in [-0.05, 0) is 103 Å². The molecule has 0 amide bonds. The lowest BCUT2D eigenvalue weighted by atomic mass is 9.43. The van der Waals surface area contributed by atoms with E-state index in [9.17, 15) is 44.0 Å². The number of hydrogen-bond donors (Lipinski definition) is 4. The van der Waals surface area contributed by atoms with Gasteiger partial charge in [0.1, 0.15) is 12.2 Å². The van der Waals surface area contributed by atoms with Gasteiger partial charge < -0.3 is 5.11 Å². The summed E-state index contributed by atoms with van der Waals surface area (Å²) in [4.78, 5) is 0. The molecule has 0 aliphatic heterocycles. The topological polar surface area (TPSA) is 211 Å². The van der Waals surface area contributed by atoms with E-state index in [1.54, 1.807) is 6.92 Å². The largest absolute Gasteiger partial charge is 0.397 e. The normalized spacial score (nSPS) is 45.9. The molecule has 13 atom stereocenters. The fraction of sp³-hybridized carbons (Fsp3) is 0.935. The highest BCUT2D eigenvalue weighted by atomic mass is 32.3. The van der Waals surface area contributed by atoms with Crippen LogP contribution in [0.1, 0.15) is 99.8 Å². The maximum absolute atomic E-state index is 12.2. The minimum Gasteiger partial charge on any atom is -0.390 e. The molecule has 4 fully saturated rings. The quantitative estimate of drug-likeness (QED) is 0.166. The third-order valence-corrected chi connectivity index (χ3v) is 15.5. The Kier molecular flexibility index (Phi) is 9.54. The molecule has 0 radical (unpaired) electrons. The second kappa shape index (κ2) is 11.9. The van der Waals surface area contributed by atoms with E-state index in [0.717, 1.165) is 30.8 Å². The molecule has 16 heteroatoms. The van der Waals surface area contributed by atoms with Gasteiger partial charge in [-0.15, -0.1) is 0 Å². The van der Waals surface area contributed by atoms with Gasteiger partial charge in [-0.25, -0.2) is 12.5 Å². The molecule has 0 bridgehead atoms. The summed E-state index contributed by atoms with van der Waals surface area (Å²) < 4.78 is 115. The van der Waals surface area contributed by atoms with Crippen LogP contribution in [-0.2, 0) is 43.7 Å². The second-order valence-electron chi connectivity index (χ2n) is 16.4. The first-order valence-corrected chi connectivity index (χ1v) is 20.7. The lowest BCUT2D eigenvalue weighted by molar-refractivity contribution is -0.179. The molecule has 13 nitrogen and oxygen atoms in total. The molecule has 0 aromatic rings. The SMILES string of the molecule is CC(CCC1(C(C)C)CC1C)C1CCC2(C)C3CC(OS(=O)(=O)O)C4C(O)C(OS(=O)(=O)O)C(OS(=O)(=O)O)CC4(C)C3=CCC12C. The van der Waals surface area contributed by atoms with Crippen LogP contribution in [-0.4, -0.2) is 68.4 Å². The lowest BCUT2D eigenvalue weighted by Gasteiger charge is -2.63. The van der Waals surface area contributed by atoms with Crippen LogP contribution < -0.4 is 0 Å². The Bertz CT molecular complexity index is 1590. The van der Waals surface area contributed by atoms with Crippen LogP contribution in [0.3, 0.4) is 0 Å². The minimum absolute atomic E-state index is 0.0620. The number of rotatable bonds is 11. The van der Waals surface area contributed by atoms with Gasteiger partial charge in [0.2, 0.25) is 0 Å². The fourth-order valence-electron chi connectivity index (χ4n) is 11.4. The summed E-state index contributed by atoms with van der Waals surface area (Å²) >= 11 is 0. The molecule has 5 aliphatic rings. The Hall–Kier alpha value is -0.690. The van der Waals surface area contributed by atoms with Gasteiger partial charge in [0.15, 0.2) is 0 Å². The van der Waals surface area contributed by atoms with Crippen molar-refractivity contribution >= 4 is 31.2 Å². The molecule has 0 saturated heterocycles. The average Bonchev–Trinajstić information content (AvgIpc) is 3.47. The number of aliphatic hydroxyl groups is 1. The van der Waals surface area contributed by atoms with Gasteiger partial charge >= 0.3 is 31.2 Å². The minimum atomic E-state index is -5.28. The van der Waals surface area contributed by atoms with Crippen LogP contribution in [0.2, 0.25) is 0 Å². The molecule has 272 valence electrons. The predicted octanol–water partition coefficient (Wildman–Crippen LogP) is 4.81.